The Labute approximate surface area is 179 Å². The Morgan fingerprint density at radius 1 is 0.759 bits per heavy atom. The van der Waals surface area contributed by atoms with Crippen molar-refractivity contribution in [2.45, 2.75) is 130 Å². The van der Waals surface area contributed by atoms with Crippen molar-refractivity contribution >= 4 is 11.9 Å². The van der Waals surface area contributed by atoms with Crippen LogP contribution in [0.4, 0.5) is 0 Å². The molecular formula is C25H46O4. The van der Waals surface area contributed by atoms with Crippen LogP contribution in [0.5, 0.6) is 0 Å². The second-order valence-corrected chi connectivity index (χ2v) is 9.16. The summed E-state index contributed by atoms with van der Waals surface area (Å²) in [6.07, 6.45) is 23.2. The van der Waals surface area contributed by atoms with E-state index in [4.69, 9.17) is 9.84 Å². The van der Waals surface area contributed by atoms with Gasteiger partial charge in [0.2, 0.25) is 0 Å². The van der Waals surface area contributed by atoms with Gasteiger partial charge in [-0.3, -0.25) is 9.59 Å². The van der Waals surface area contributed by atoms with E-state index >= 15 is 0 Å². The molecule has 4 heteroatoms. The normalized spacial score (nSPS) is 11.8. The van der Waals surface area contributed by atoms with Gasteiger partial charge in [0.1, 0.15) is 0 Å². The fraction of sp³-hybridized carbons (Fsp3) is 0.840. The summed E-state index contributed by atoms with van der Waals surface area (Å²) in [4.78, 5) is 22.5. The minimum absolute atomic E-state index is 0.0368. The fourth-order valence-electron chi connectivity index (χ4n) is 3.55. The summed E-state index contributed by atoms with van der Waals surface area (Å²) >= 11 is 0. The van der Waals surface area contributed by atoms with Crippen LogP contribution in [0.3, 0.4) is 0 Å². The molecule has 0 aromatic heterocycles. The molecule has 0 fully saturated rings. The second-order valence-electron chi connectivity index (χ2n) is 9.16. The Hall–Kier alpha value is -1.32. The van der Waals surface area contributed by atoms with Crippen LogP contribution < -0.4 is 0 Å². The maximum absolute atomic E-state index is 11.7. The summed E-state index contributed by atoms with van der Waals surface area (Å²) < 4.78 is 5.07. The van der Waals surface area contributed by atoms with E-state index in [0.29, 0.717) is 0 Å². The minimum Gasteiger partial charge on any atom is -0.481 e. The zero-order valence-corrected chi connectivity index (χ0v) is 19.3. The summed E-state index contributed by atoms with van der Waals surface area (Å²) in [5, 5.41) is 8.83. The number of rotatable bonds is 20. The van der Waals surface area contributed by atoms with E-state index in [-0.39, 0.29) is 18.8 Å². The highest BCUT2D eigenvalue weighted by atomic mass is 16.5. The van der Waals surface area contributed by atoms with E-state index in [1.807, 2.05) is 6.08 Å². The van der Waals surface area contributed by atoms with Crippen molar-refractivity contribution in [1.29, 1.82) is 0 Å². The number of aliphatic carboxylic acids is 1. The lowest BCUT2D eigenvalue weighted by Crippen LogP contribution is -2.21. The van der Waals surface area contributed by atoms with Crippen LogP contribution >= 0.6 is 0 Å². The van der Waals surface area contributed by atoms with Gasteiger partial charge in [-0.05, 0) is 24.3 Å². The van der Waals surface area contributed by atoms with Gasteiger partial charge in [-0.2, -0.15) is 0 Å². The van der Waals surface area contributed by atoms with Crippen LogP contribution in [0.25, 0.3) is 0 Å². The van der Waals surface area contributed by atoms with E-state index in [1.165, 1.54) is 89.7 Å². The summed E-state index contributed by atoms with van der Waals surface area (Å²) in [5.74, 6) is -1.26. The van der Waals surface area contributed by atoms with Gasteiger partial charge in [0, 0.05) is 0 Å². The van der Waals surface area contributed by atoms with Crippen molar-refractivity contribution in [3.8, 4) is 0 Å². The van der Waals surface area contributed by atoms with Crippen LogP contribution in [0, 0.1) is 5.41 Å². The van der Waals surface area contributed by atoms with E-state index < -0.39 is 11.4 Å². The number of carbonyl (C=O) groups excluding carboxylic acids is 1. The first-order chi connectivity index (χ1) is 13.9. The molecule has 0 rings (SSSR count). The predicted molar refractivity (Wildman–Crippen MR) is 121 cm³/mol. The third kappa shape index (κ3) is 21.2. The first-order valence-electron chi connectivity index (χ1n) is 11.9. The quantitative estimate of drug-likeness (QED) is 0.126. The SMILES string of the molecule is CCCCCCCCCCCCCCCCC=COC(=O)CC(C)(C)CC(=O)O. The summed E-state index contributed by atoms with van der Waals surface area (Å²) in [6, 6.07) is 0. The number of hydrogen-bond acceptors (Lipinski definition) is 3. The Bertz CT molecular complexity index is 440. The highest BCUT2D eigenvalue weighted by Crippen LogP contribution is 2.25. The minimum atomic E-state index is -0.892. The number of carboxylic acids is 1. The molecule has 0 atom stereocenters. The van der Waals surface area contributed by atoms with Crippen molar-refractivity contribution in [1.82, 2.24) is 0 Å². The topological polar surface area (TPSA) is 63.6 Å². The summed E-state index contributed by atoms with van der Waals surface area (Å²) in [5.41, 5.74) is -0.578. The van der Waals surface area contributed by atoms with Gasteiger partial charge < -0.3 is 9.84 Å². The first-order valence-corrected chi connectivity index (χ1v) is 11.9. The molecule has 0 unspecified atom stereocenters. The Morgan fingerprint density at radius 3 is 1.66 bits per heavy atom. The number of ether oxygens (including phenoxy) is 1. The third-order valence-corrected chi connectivity index (χ3v) is 5.27. The van der Waals surface area contributed by atoms with E-state index in [2.05, 4.69) is 6.92 Å². The second kappa shape index (κ2) is 18.7. The average molecular weight is 411 g/mol. The molecule has 29 heavy (non-hydrogen) atoms. The molecular weight excluding hydrogens is 364 g/mol. The van der Waals surface area contributed by atoms with Crippen LogP contribution in [-0.2, 0) is 14.3 Å². The zero-order chi connectivity index (χ0) is 21.8. The molecule has 0 aromatic rings. The number of esters is 1. The van der Waals surface area contributed by atoms with Crippen molar-refractivity contribution in [3.63, 3.8) is 0 Å². The molecule has 0 aromatic carbocycles. The summed E-state index contributed by atoms with van der Waals surface area (Å²) in [7, 11) is 0. The molecule has 170 valence electrons. The number of carboxylic acid groups (broad SMARTS) is 1. The third-order valence-electron chi connectivity index (χ3n) is 5.27. The Kier molecular flexibility index (Phi) is 17.8. The van der Waals surface area contributed by atoms with E-state index in [0.717, 1.165) is 12.8 Å². The molecule has 0 radical (unpaired) electrons. The van der Waals surface area contributed by atoms with Crippen LogP contribution in [0.1, 0.15) is 130 Å². The summed E-state index contributed by atoms with van der Waals surface area (Å²) in [6.45, 7) is 5.80. The van der Waals surface area contributed by atoms with Gasteiger partial charge in [-0.1, -0.05) is 104 Å². The van der Waals surface area contributed by atoms with Gasteiger partial charge in [0.15, 0.2) is 0 Å². The van der Waals surface area contributed by atoms with Gasteiger partial charge in [0.05, 0.1) is 19.1 Å². The monoisotopic (exact) mass is 410 g/mol. The molecule has 0 bridgehead atoms. The fourth-order valence-corrected chi connectivity index (χ4v) is 3.55. The molecule has 0 aliphatic heterocycles. The van der Waals surface area contributed by atoms with Crippen molar-refractivity contribution < 1.29 is 19.4 Å². The molecule has 0 heterocycles. The molecule has 4 nitrogen and oxygen atoms in total. The average Bonchev–Trinajstić information content (AvgIpc) is 2.62. The number of carbonyl (C=O) groups is 2. The number of hydrogen-bond donors (Lipinski definition) is 1. The maximum atomic E-state index is 11.7. The molecule has 0 saturated heterocycles. The number of allylic oxidation sites excluding steroid dienone is 1. The molecule has 1 N–H and O–H groups in total. The lowest BCUT2D eigenvalue weighted by molar-refractivity contribution is -0.143. The molecule has 0 aliphatic carbocycles. The van der Waals surface area contributed by atoms with Crippen LogP contribution in [0.15, 0.2) is 12.3 Å². The van der Waals surface area contributed by atoms with Gasteiger partial charge in [-0.15, -0.1) is 0 Å². The van der Waals surface area contributed by atoms with Gasteiger partial charge in [0.25, 0.3) is 0 Å². The van der Waals surface area contributed by atoms with E-state index in [1.54, 1.807) is 13.8 Å². The van der Waals surface area contributed by atoms with Crippen molar-refractivity contribution in [2.75, 3.05) is 0 Å². The first kappa shape index (κ1) is 27.7. The van der Waals surface area contributed by atoms with Crippen molar-refractivity contribution in [2.24, 2.45) is 5.41 Å². The van der Waals surface area contributed by atoms with E-state index in [9.17, 15) is 9.59 Å². The van der Waals surface area contributed by atoms with Crippen molar-refractivity contribution in [3.05, 3.63) is 12.3 Å². The standard InChI is InChI=1S/C25H46O4/c1-4-5-6-7-8-9-10-11-12-13-14-15-16-17-18-19-20-29-24(28)22-25(2,3)21-23(26)27/h19-20H,4-18,21-22H2,1-3H3,(H,26,27). The lowest BCUT2D eigenvalue weighted by atomic mass is 9.86. The number of unbranched alkanes of at least 4 members (excludes halogenated alkanes) is 14. The van der Waals surface area contributed by atoms with Gasteiger partial charge in [-0.25, -0.2) is 0 Å². The molecule has 0 aliphatic rings. The van der Waals surface area contributed by atoms with Gasteiger partial charge >= 0.3 is 11.9 Å². The highest BCUT2D eigenvalue weighted by Gasteiger charge is 2.25. The Balaban J connectivity index is 3.40. The van der Waals surface area contributed by atoms with Crippen LogP contribution in [-0.4, -0.2) is 17.0 Å². The molecule has 0 amide bonds. The molecule has 0 saturated carbocycles. The zero-order valence-electron chi connectivity index (χ0n) is 19.3. The smallest absolute Gasteiger partial charge is 0.311 e. The predicted octanol–water partition coefficient (Wildman–Crippen LogP) is 7.81. The highest BCUT2D eigenvalue weighted by molar-refractivity contribution is 5.73. The Morgan fingerprint density at radius 2 is 1.21 bits per heavy atom. The van der Waals surface area contributed by atoms with Crippen LogP contribution in [0.2, 0.25) is 0 Å². The lowest BCUT2D eigenvalue weighted by Gasteiger charge is -2.20. The molecule has 0 spiro atoms. The largest absolute Gasteiger partial charge is 0.481 e. The maximum Gasteiger partial charge on any atom is 0.311 e.